The molecule has 1 heterocycles. The van der Waals surface area contributed by atoms with Gasteiger partial charge in [0.2, 0.25) is 5.56 Å². The molecule has 0 aliphatic heterocycles. The second-order valence-electron chi connectivity index (χ2n) is 3.87. The molecule has 0 amide bonds. The van der Waals surface area contributed by atoms with Gasteiger partial charge in [0.05, 0.1) is 0 Å². The first kappa shape index (κ1) is 9.43. The van der Waals surface area contributed by atoms with Crippen LogP contribution in [0.2, 0.25) is 0 Å². The third kappa shape index (κ3) is 2.21. The van der Waals surface area contributed by atoms with E-state index in [9.17, 15) is 4.79 Å². The molecule has 4 N–H and O–H groups in total. The van der Waals surface area contributed by atoms with Gasteiger partial charge in [-0.2, -0.15) is 0 Å². The first-order valence-electron chi connectivity index (χ1n) is 4.90. The lowest BCUT2D eigenvalue weighted by molar-refractivity contribution is 0.291. The first-order valence-corrected chi connectivity index (χ1v) is 4.90. The number of hydrogen-bond donors (Lipinski definition) is 3. The number of hydrogen-bond acceptors (Lipinski definition) is 3. The molecule has 1 saturated carbocycles. The van der Waals surface area contributed by atoms with E-state index >= 15 is 0 Å². The van der Waals surface area contributed by atoms with Gasteiger partial charge in [0, 0.05) is 30.9 Å². The number of aromatic amines is 1. The van der Waals surface area contributed by atoms with Gasteiger partial charge < -0.3 is 16.0 Å². The number of nitrogens with two attached hydrogens (primary N) is 1. The van der Waals surface area contributed by atoms with Gasteiger partial charge >= 0.3 is 0 Å². The van der Waals surface area contributed by atoms with E-state index in [2.05, 4.69) is 10.3 Å². The van der Waals surface area contributed by atoms with Crippen LogP contribution in [0, 0.1) is 0 Å². The molecule has 0 spiro atoms. The molecular weight excluding hydrogens is 178 g/mol. The Morgan fingerprint density at radius 2 is 2.36 bits per heavy atom. The summed E-state index contributed by atoms with van der Waals surface area (Å²) in [7, 11) is 0. The van der Waals surface area contributed by atoms with Gasteiger partial charge in [-0.15, -0.1) is 0 Å². The summed E-state index contributed by atoms with van der Waals surface area (Å²) in [6.07, 6.45) is 3.76. The van der Waals surface area contributed by atoms with Crippen molar-refractivity contribution in [3.63, 3.8) is 0 Å². The fraction of sp³-hybridized carbons (Fsp3) is 0.500. The molecule has 4 heteroatoms. The molecular formula is C10H15N3O. The van der Waals surface area contributed by atoms with E-state index in [4.69, 9.17) is 5.73 Å². The summed E-state index contributed by atoms with van der Waals surface area (Å²) in [6, 6.07) is 4.43. The predicted molar refractivity (Wildman–Crippen MR) is 54.9 cm³/mol. The third-order valence-electron chi connectivity index (χ3n) is 2.61. The van der Waals surface area contributed by atoms with Crippen LogP contribution >= 0.6 is 0 Å². The van der Waals surface area contributed by atoms with Crippen LogP contribution in [-0.4, -0.2) is 17.1 Å². The number of aromatic nitrogens is 1. The van der Waals surface area contributed by atoms with Crippen LogP contribution in [0.5, 0.6) is 0 Å². The average Bonchev–Trinajstić information content (AvgIpc) is 2.11. The smallest absolute Gasteiger partial charge is 0.248 e. The molecule has 0 bridgehead atoms. The topological polar surface area (TPSA) is 70.9 Å². The van der Waals surface area contributed by atoms with Crippen molar-refractivity contribution in [2.75, 3.05) is 0 Å². The Morgan fingerprint density at radius 1 is 1.57 bits per heavy atom. The minimum Gasteiger partial charge on any atom is -0.329 e. The van der Waals surface area contributed by atoms with E-state index in [0.717, 1.165) is 24.9 Å². The summed E-state index contributed by atoms with van der Waals surface area (Å²) in [4.78, 5) is 13.6. The molecule has 0 aromatic carbocycles. The molecule has 76 valence electrons. The highest BCUT2D eigenvalue weighted by Crippen LogP contribution is 2.17. The Labute approximate surface area is 82.5 Å². The number of pyridine rings is 1. The van der Waals surface area contributed by atoms with E-state index in [1.54, 1.807) is 12.3 Å². The van der Waals surface area contributed by atoms with Crippen molar-refractivity contribution >= 4 is 0 Å². The maximum atomic E-state index is 11.0. The van der Waals surface area contributed by atoms with Crippen LogP contribution < -0.4 is 16.6 Å². The van der Waals surface area contributed by atoms with E-state index in [-0.39, 0.29) is 5.56 Å². The molecule has 0 radical (unpaired) electrons. The molecule has 1 aliphatic rings. The highest BCUT2D eigenvalue weighted by atomic mass is 16.1. The van der Waals surface area contributed by atoms with Gasteiger partial charge in [-0.1, -0.05) is 0 Å². The molecule has 0 saturated heterocycles. The second-order valence-corrected chi connectivity index (χ2v) is 3.87. The van der Waals surface area contributed by atoms with Crippen LogP contribution in [-0.2, 0) is 6.54 Å². The van der Waals surface area contributed by atoms with Gasteiger partial charge in [0.1, 0.15) is 0 Å². The number of nitrogens with one attached hydrogen (secondary N) is 2. The Morgan fingerprint density at radius 3 is 3.00 bits per heavy atom. The highest BCUT2D eigenvalue weighted by Gasteiger charge is 2.24. The largest absolute Gasteiger partial charge is 0.329 e. The maximum Gasteiger partial charge on any atom is 0.248 e. The van der Waals surface area contributed by atoms with Crippen LogP contribution in [0.15, 0.2) is 23.1 Å². The first-order chi connectivity index (χ1) is 6.74. The van der Waals surface area contributed by atoms with Crippen molar-refractivity contribution in [3.8, 4) is 0 Å². The van der Waals surface area contributed by atoms with E-state index in [1.165, 1.54) is 0 Å². The van der Waals surface area contributed by atoms with Gasteiger partial charge in [0.15, 0.2) is 0 Å². The zero-order valence-corrected chi connectivity index (χ0v) is 7.99. The van der Waals surface area contributed by atoms with E-state index in [0.29, 0.717) is 12.1 Å². The molecule has 0 unspecified atom stereocenters. The molecule has 1 aliphatic carbocycles. The van der Waals surface area contributed by atoms with Gasteiger partial charge in [-0.05, 0) is 24.5 Å². The monoisotopic (exact) mass is 193 g/mol. The molecule has 14 heavy (non-hydrogen) atoms. The van der Waals surface area contributed by atoms with Gasteiger partial charge in [-0.25, -0.2) is 0 Å². The zero-order chi connectivity index (χ0) is 9.97. The average molecular weight is 193 g/mol. The summed E-state index contributed by atoms with van der Waals surface area (Å²) in [5, 5.41) is 3.36. The van der Waals surface area contributed by atoms with Crippen LogP contribution in [0.3, 0.4) is 0 Å². The van der Waals surface area contributed by atoms with Crippen molar-refractivity contribution in [2.45, 2.75) is 31.5 Å². The second kappa shape index (κ2) is 3.94. The summed E-state index contributed by atoms with van der Waals surface area (Å²) in [5.74, 6) is 0. The van der Waals surface area contributed by atoms with Crippen molar-refractivity contribution in [1.29, 1.82) is 0 Å². The SMILES string of the molecule is NC1CC(NCc2cc[nH]c(=O)c2)C1. The predicted octanol–water partition coefficient (Wildman–Crippen LogP) is -0.0458. The number of H-pyrrole nitrogens is 1. The highest BCUT2D eigenvalue weighted by molar-refractivity contribution is 5.09. The minimum atomic E-state index is -0.0467. The van der Waals surface area contributed by atoms with E-state index < -0.39 is 0 Å². The van der Waals surface area contributed by atoms with Gasteiger partial charge in [0.25, 0.3) is 0 Å². The van der Waals surface area contributed by atoms with Crippen molar-refractivity contribution in [2.24, 2.45) is 5.73 Å². The molecule has 1 aromatic rings. The molecule has 2 rings (SSSR count). The summed E-state index contributed by atoms with van der Waals surface area (Å²) in [5.41, 5.74) is 6.64. The van der Waals surface area contributed by atoms with Crippen LogP contribution in [0.1, 0.15) is 18.4 Å². The Kier molecular flexibility index (Phi) is 2.65. The Bertz CT molecular complexity index is 354. The summed E-state index contributed by atoms with van der Waals surface area (Å²) < 4.78 is 0. The molecule has 4 nitrogen and oxygen atoms in total. The van der Waals surface area contributed by atoms with Crippen LogP contribution in [0.4, 0.5) is 0 Å². The van der Waals surface area contributed by atoms with Crippen molar-refractivity contribution < 1.29 is 0 Å². The quantitative estimate of drug-likeness (QED) is 0.630. The summed E-state index contributed by atoms with van der Waals surface area (Å²) >= 11 is 0. The molecule has 1 aromatic heterocycles. The minimum absolute atomic E-state index is 0.0467. The van der Waals surface area contributed by atoms with Crippen molar-refractivity contribution in [1.82, 2.24) is 10.3 Å². The molecule has 0 atom stereocenters. The van der Waals surface area contributed by atoms with E-state index in [1.807, 2.05) is 6.07 Å². The lowest BCUT2D eigenvalue weighted by Gasteiger charge is -2.33. The normalized spacial score (nSPS) is 25.8. The lowest BCUT2D eigenvalue weighted by Crippen LogP contribution is -2.48. The van der Waals surface area contributed by atoms with Crippen molar-refractivity contribution in [3.05, 3.63) is 34.2 Å². The molecule has 1 fully saturated rings. The summed E-state index contributed by atoms with van der Waals surface area (Å²) in [6.45, 7) is 0.751. The Balaban J connectivity index is 1.83. The maximum absolute atomic E-state index is 11.0. The lowest BCUT2D eigenvalue weighted by atomic mass is 9.87. The zero-order valence-electron chi connectivity index (χ0n) is 7.99. The third-order valence-corrected chi connectivity index (χ3v) is 2.61. The number of rotatable bonds is 3. The van der Waals surface area contributed by atoms with Crippen LogP contribution in [0.25, 0.3) is 0 Å². The Hall–Kier alpha value is -1.13. The standard InChI is InChI=1S/C10H15N3O/c11-8-4-9(5-8)13-6-7-1-2-12-10(14)3-7/h1-3,8-9,13H,4-6,11H2,(H,12,14). The fourth-order valence-electron chi connectivity index (χ4n) is 1.69. The van der Waals surface area contributed by atoms with Gasteiger partial charge in [-0.3, -0.25) is 4.79 Å². The fourth-order valence-corrected chi connectivity index (χ4v) is 1.69.